The smallest absolute Gasteiger partial charge is 0.339 e. The number of para-hydroxylation sites is 1. The van der Waals surface area contributed by atoms with Crippen molar-refractivity contribution in [3.05, 3.63) is 89.7 Å². The number of carbonyl (C=O) groups is 2. The van der Waals surface area contributed by atoms with E-state index in [1.54, 1.807) is 54.9 Å². The lowest BCUT2D eigenvalue weighted by Gasteiger charge is -2.15. The Hall–Kier alpha value is -3.77. The first-order chi connectivity index (χ1) is 15.0. The minimum atomic E-state index is -1.00. The molecule has 1 unspecified atom stereocenters. The molecule has 7 heteroatoms. The van der Waals surface area contributed by atoms with Gasteiger partial charge in [0, 0.05) is 34.1 Å². The van der Waals surface area contributed by atoms with Crippen LogP contribution in [0.15, 0.2) is 79.1 Å². The molecule has 0 aliphatic rings. The third-order valence-electron chi connectivity index (χ3n) is 4.66. The number of fused-ring (bicyclic) bond motifs is 1. The second kappa shape index (κ2) is 8.93. The molecule has 2 heterocycles. The lowest BCUT2D eigenvalue weighted by atomic mass is 10.0. The van der Waals surface area contributed by atoms with Crippen molar-refractivity contribution in [1.29, 1.82) is 0 Å². The van der Waals surface area contributed by atoms with E-state index in [0.29, 0.717) is 32.9 Å². The van der Waals surface area contributed by atoms with Crippen molar-refractivity contribution in [3.63, 3.8) is 0 Å². The van der Waals surface area contributed by atoms with Gasteiger partial charge in [-0.1, -0.05) is 29.8 Å². The van der Waals surface area contributed by atoms with Crippen LogP contribution in [-0.2, 0) is 9.53 Å². The molecule has 0 spiro atoms. The quantitative estimate of drug-likeness (QED) is 0.443. The normalized spacial score (nSPS) is 11.7. The van der Waals surface area contributed by atoms with Gasteiger partial charge in [-0.05, 0) is 55.5 Å². The molecule has 2 aromatic carbocycles. The standard InChI is InChI=1S/C24H18ClN3O3/c1-15(23(29)27-18-10-8-17(25)9-11-18)31-24(30)20-13-22(16-5-4-12-26-14-16)28-21-7-3-2-6-19(20)21/h2-15H,1H3,(H,27,29). The minimum Gasteiger partial charge on any atom is -0.449 e. The van der Waals surface area contributed by atoms with Crippen LogP contribution in [0.3, 0.4) is 0 Å². The monoisotopic (exact) mass is 431 g/mol. The zero-order valence-corrected chi connectivity index (χ0v) is 17.3. The van der Waals surface area contributed by atoms with Crippen molar-refractivity contribution >= 4 is 40.1 Å². The topological polar surface area (TPSA) is 81.2 Å². The lowest BCUT2D eigenvalue weighted by molar-refractivity contribution is -0.123. The maximum absolute atomic E-state index is 13.0. The van der Waals surface area contributed by atoms with E-state index < -0.39 is 18.0 Å². The van der Waals surface area contributed by atoms with Crippen molar-refractivity contribution < 1.29 is 14.3 Å². The zero-order chi connectivity index (χ0) is 21.8. The number of rotatable bonds is 5. The van der Waals surface area contributed by atoms with Gasteiger partial charge >= 0.3 is 5.97 Å². The summed E-state index contributed by atoms with van der Waals surface area (Å²) in [6.07, 6.45) is 2.34. The highest BCUT2D eigenvalue weighted by Gasteiger charge is 2.22. The van der Waals surface area contributed by atoms with Gasteiger partial charge in [0.2, 0.25) is 0 Å². The Morgan fingerprint density at radius 3 is 2.55 bits per heavy atom. The summed E-state index contributed by atoms with van der Waals surface area (Å²) >= 11 is 5.86. The molecule has 2 aromatic heterocycles. The van der Waals surface area contributed by atoms with Gasteiger partial charge in [-0.25, -0.2) is 9.78 Å². The summed E-state index contributed by atoms with van der Waals surface area (Å²) < 4.78 is 5.47. The molecule has 31 heavy (non-hydrogen) atoms. The summed E-state index contributed by atoms with van der Waals surface area (Å²) in [6, 6.07) is 19.3. The summed E-state index contributed by atoms with van der Waals surface area (Å²) in [6.45, 7) is 1.52. The second-order valence-electron chi connectivity index (χ2n) is 6.86. The number of pyridine rings is 2. The van der Waals surface area contributed by atoms with Crippen LogP contribution < -0.4 is 5.32 Å². The number of benzene rings is 2. The SMILES string of the molecule is CC(OC(=O)c1cc(-c2cccnc2)nc2ccccc12)C(=O)Nc1ccc(Cl)cc1. The number of carbonyl (C=O) groups excluding carboxylic acids is 2. The van der Waals surface area contributed by atoms with E-state index in [9.17, 15) is 9.59 Å². The maximum atomic E-state index is 13.0. The molecule has 1 amide bonds. The van der Waals surface area contributed by atoms with Gasteiger partial charge in [0.1, 0.15) is 0 Å². The van der Waals surface area contributed by atoms with Crippen LogP contribution in [-0.4, -0.2) is 27.9 Å². The molecular weight excluding hydrogens is 414 g/mol. The summed E-state index contributed by atoms with van der Waals surface area (Å²) in [5.41, 5.74) is 2.91. The third-order valence-corrected chi connectivity index (χ3v) is 4.91. The predicted octanol–water partition coefficient (Wildman–Crippen LogP) is 5.13. The number of esters is 1. The number of nitrogens with one attached hydrogen (secondary N) is 1. The number of amides is 1. The molecule has 4 rings (SSSR count). The Morgan fingerprint density at radius 2 is 1.81 bits per heavy atom. The van der Waals surface area contributed by atoms with Crippen LogP contribution in [0.5, 0.6) is 0 Å². The van der Waals surface area contributed by atoms with Gasteiger partial charge < -0.3 is 10.1 Å². The summed E-state index contributed by atoms with van der Waals surface area (Å²) in [7, 11) is 0. The summed E-state index contributed by atoms with van der Waals surface area (Å²) in [4.78, 5) is 34.2. The number of hydrogen-bond donors (Lipinski definition) is 1. The largest absolute Gasteiger partial charge is 0.449 e. The highest BCUT2D eigenvalue weighted by atomic mass is 35.5. The first kappa shape index (κ1) is 20.5. The molecule has 0 saturated carbocycles. The van der Waals surface area contributed by atoms with Gasteiger partial charge in [-0.3, -0.25) is 9.78 Å². The molecule has 0 fully saturated rings. The Balaban J connectivity index is 1.59. The molecule has 1 N–H and O–H groups in total. The van der Waals surface area contributed by atoms with Gasteiger partial charge in [-0.15, -0.1) is 0 Å². The maximum Gasteiger partial charge on any atom is 0.339 e. The number of ether oxygens (including phenoxy) is 1. The fraction of sp³-hybridized carbons (Fsp3) is 0.0833. The van der Waals surface area contributed by atoms with E-state index >= 15 is 0 Å². The second-order valence-corrected chi connectivity index (χ2v) is 7.29. The van der Waals surface area contributed by atoms with Crippen LogP contribution in [0.4, 0.5) is 5.69 Å². The molecular formula is C24H18ClN3O3. The Bertz CT molecular complexity index is 1240. The predicted molar refractivity (Wildman–Crippen MR) is 120 cm³/mol. The summed E-state index contributed by atoms with van der Waals surface area (Å²) in [5.74, 6) is -1.05. The molecule has 0 bridgehead atoms. The van der Waals surface area contributed by atoms with Crippen molar-refractivity contribution in [1.82, 2.24) is 9.97 Å². The molecule has 4 aromatic rings. The zero-order valence-electron chi connectivity index (χ0n) is 16.6. The van der Waals surface area contributed by atoms with Gasteiger partial charge in [0.25, 0.3) is 5.91 Å². The van der Waals surface area contributed by atoms with E-state index in [0.717, 1.165) is 5.56 Å². The fourth-order valence-corrected chi connectivity index (χ4v) is 3.19. The van der Waals surface area contributed by atoms with Gasteiger partial charge in [0.05, 0.1) is 16.8 Å². The number of aromatic nitrogens is 2. The highest BCUT2D eigenvalue weighted by molar-refractivity contribution is 6.30. The molecule has 154 valence electrons. The molecule has 0 radical (unpaired) electrons. The average Bonchev–Trinajstić information content (AvgIpc) is 2.80. The highest BCUT2D eigenvalue weighted by Crippen LogP contribution is 2.25. The number of halogens is 1. The van der Waals surface area contributed by atoms with E-state index in [-0.39, 0.29) is 0 Å². The van der Waals surface area contributed by atoms with E-state index in [1.807, 2.05) is 24.3 Å². The molecule has 0 aliphatic carbocycles. The molecule has 0 saturated heterocycles. The van der Waals surface area contributed by atoms with Crippen molar-refractivity contribution in [3.8, 4) is 11.3 Å². The van der Waals surface area contributed by atoms with Crippen molar-refractivity contribution in [2.45, 2.75) is 13.0 Å². The summed E-state index contributed by atoms with van der Waals surface area (Å²) in [5, 5.41) is 3.91. The minimum absolute atomic E-state index is 0.329. The van der Waals surface area contributed by atoms with Crippen LogP contribution in [0.2, 0.25) is 5.02 Å². The van der Waals surface area contributed by atoms with Gasteiger partial charge in [-0.2, -0.15) is 0 Å². The van der Waals surface area contributed by atoms with E-state index in [4.69, 9.17) is 16.3 Å². The number of nitrogens with zero attached hydrogens (tertiary/aromatic N) is 2. The molecule has 6 nitrogen and oxygen atoms in total. The van der Waals surface area contributed by atoms with Crippen LogP contribution in [0.25, 0.3) is 22.2 Å². The Labute approximate surface area is 183 Å². The Kier molecular flexibility index (Phi) is 5.91. The van der Waals surface area contributed by atoms with Crippen molar-refractivity contribution in [2.75, 3.05) is 5.32 Å². The Morgan fingerprint density at radius 1 is 1.03 bits per heavy atom. The van der Waals surface area contributed by atoms with Crippen LogP contribution >= 0.6 is 11.6 Å². The molecule has 0 aliphatic heterocycles. The van der Waals surface area contributed by atoms with E-state index in [2.05, 4.69) is 15.3 Å². The average molecular weight is 432 g/mol. The van der Waals surface area contributed by atoms with Crippen molar-refractivity contribution in [2.24, 2.45) is 0 Å². The lowest BCUT2D eigenvalue weighted by Crippen LogP contribution is -2.30. The van der Waals surface area contributed by atoms with Crippen LogP contribution in [0, 0.1) is 0 Å². The number of hydrogen-bond acceptors (Lipinski definition) is 5. The van der Waals surface area contributed by atoms with E-state index in [1.165, 1.54) is 6.92 Å². The van der Waals surface area contributed by atoms with Crippen LogP contribution in [0.1, 0.15) is 17.3 Å². The fourth-order valence-electron chi connectivity index (χ4n) is 3.06. The third kappa shape index (κ3) is 4.70. The first-order valence-corrected chi connectivity index (χ1v) is 9.96. The first-order valence-electron chi connectivity index (χ1n) is 9.59. The number of anilines is 1. The van der Waals surface area contributed by atoms with Gasteiger partial charge in [0.15, 0.2) is 6.10 Å². The molecule has 1 atom stereocenters.